The Morgan fingerprint density at radius 3 is 2.72 bits per heavy atom. The molecular weight excluding hydrogens is 358 g/mol. The molecule has 0 bridgehead atoms. The molecule has 1 N–H and O–H groups in total. The van der Waals surface area contributed by atoms with E-state index in [1.54, 1.807) is 24.6 Å². The van der Waals surface area contributed by atoms with Gasteiger partial charge in [-0.15, -0.1) is 11.3 Å². The Morgan fingerprint density at radius 1 is 1.28 bits per heavy atom. The standard InChI is InChI=1S/C18H12ClN3O2S/c1-24-14-5-2-11(3-6-14)18-22-16(10-25-18)17(23)21-13-4-7-15(19)12(8-13)9-20/h2-8,10H,1H3,(H,21,23). The number of nitrogens with one attached hydrogen (secondary N) is 1. The minimum Gasteiger partial charge on any atom is -0.497 e. The van der Waals surface area contributed by atoms with E-state index in [4.69, 9.17) is 21.6 Å². The summed E-state index contributed by atoms with van der Waals surface area (Å²) in [4.78, 5) is 16.7. The Balaban J connectivity index is 1.77. The number of rotatable bonds is 4. The number of benzene rings is 2. The van der Waals surface area contributed by atoms with Gasteiger partial charge in [0.25, 0.3) is 5.91 Å². The van der Waals surface area contributed by atoms with Gasteiger partial charge in [0.2, 0.25) is 0 Å². The molecule has 0 aliphatic carbocycles. The van der Waals surface area contributed by atoms with Crippen molar-refractivity contribution in [1.82, 2.24) is 4.98 Å². The zero-order valence-electron chi connectivity index (χ0n) is 13.1. The number of hydrogen-bond acceptors (Lipinski definition) is 5. The molecule has 0 fully saturated rings. The van der Waals surface area contributed by atoms with Gasteiger partial charge in [-0.1, -0.05) is 11.6 Å². The lowest BCUT2D eigenvalue weighted by Gasteiger charge is -2.04. The molecule has 0 saturated heterocycles. The first kappa shape index (κ1) is 17.0. The smallest absolute Gasteiger partial charge is 0.275 e. The minimum atomic E-state index is -0.345. The summed E-state index contributed by atoms with van der Waals surface area (Å²) in [5.74, 6) is 0.413. The van der Waals surface area contributed by atoms with Crippen molar-refractivity contribution >= 4 is 34.5 Å². The highest BCUT2D eigenvalue weighted by molar-refractivity contribution is 7.13. The molecule has 0 unspecified atom stereocenters. The topological polar surface area (TPSA) is 75.0 Å². The maximum Gasteiger partial charge on any atom is 0.275 e. The predicted octanol–water partition coefficient (Wildman–Crippen LogP) is 4.60. The van der Waals surface area contributed by atoms with Crippen LogP contribution in [0.5, 0.6) is 5.75 Å². The van der Waals surface area contributed by atoms with Crippen molar-refractivity contribution in [1.29, 1.82) is 5.26 Å². The number of carbonyl (C=O) groups is 1. The van der Waals surface area contributed by atoms with E-state index in [1.165, 1.54) is 17.4 Å². The van der Waals surface area contributed by atoms with Crippen molar-refractivity contribution < 1.29 is 9.53 Å². The quantitative estimate of drug-likeness (QED) is 0.729. The summed E-state index contributed by atoms with van der Waals surface area (Å²) in [5, 5.41) is 14.5. The van der Waals surface area contributed by atoms with Gasteiger partial charge in [0.05, 0.1) is 17.7 Å². The van der Waals surface area contributed by atoms with E-state index in [9.17, 15) is 4.79 Å². The number of amides is 1. The average Bonchev–Trinajstić information content (AvgIpc) is 3.13. The third-order valence-corrected chi connectivity index (χ3v) is 4.64. The predicted molar refractivity (Wildman–Crippen MR) is 98.2 cm³/mol. The van der Waals surface area contributed by atoms with Crippen LogP contribution in [0.25, 0.3) is 10.6 Å². The van der Waals surface area contributed by atoms with Gasteiger partial charge in [-0.05, 0) is 42.5 Å². The molecule has 0 radical (unpaired) electrons. The second kappa shape index (κ2) is 7.34. The van der Waals surface area contributed by atoms with E-state index in [0.717, 1.165) is 16.3 Å². The maximum atomic E-state index is 12.3. The van der Waals surface area contributed by atoms with Gasteiger partial charge >= 0.3 is 0 Å². The van der Waals surface area contributed by atoms with E-state index in [2.05, 4.69) is 10.3 Å². The van der Waals surface area contributed by atoms with Crippen molar-refractivity contribution in [2.45, 2.75) is 0 Å². The van der Waals surface area contributed by atoms with Crippen LogP contribution in [0.15, 0.2) is 47.8 Å². The van der Waals surface area contributed by atoms with Crippen LogP contribution in [-0.4, -0.2) is 18.0 Å². The molecule has 1 amide bonds. The van der Waals surface area contributed by atoms with Gasteiger partial charge in [0, 0.05) is 16.6 Å². The van der Waals surface area contributed by atoms with E-state index in [0.29, 0.717) is 22.0 Å². The Bertz CT molecular complexity index is 961. The molecule has 5 nitrogen and oxygen atoms in total. The summed E-state index contributed by atoms with van der Waals surface area (Å²) >= 11 is 7.27. The van der Waals surface area contributed by atoms with E-state index in [1.807, 2.05) is 30.3 Å². The fraction of sp³-hybridized carbons (Fsp3) is 0.0556. The van der Waals surface area contributed by atoms with Gasteiger partial charge in [-0.25, -0.2) is 4.98 Å². The lowest BCUT2D eigenvalue weighted by Crippen LogP contribution is -2.12. The van der Waals surface area contributed by atoms with Crippen LogP contribution >= 0.6 is 22.9 Å². The highest BCUT2D eigenvalue weighted by Crippen LogP contribution is 2.26. The zero-order valence-corrected chi connectivity index (χ0v) is 14.7. The number of aromatic nitrogens is 1. The molecule has 1 aromatic heterocycles. The zero-order chi connectivity index (χ0) is 17.8. The number of nitriles is 1. The second-order valence-electron chi connectivity index (χ2n) is 5.03. The molecule has 0 aliphatic heterocycles. The number of halogens is 1. The molecule has 7 heteroatoms. The molecule has 3 aromatic rings. The Labute approximate surface area is 153 Å². The van der Waals surface area contributed by atoms with Crippen LogP contribution in [0.4, 0.5) is 5.69 Å². The summed E-state index contributed by atoms with van der Waals surface area (Å²) in [6, 6.07) is 14.2. The molecule has 2 aromatic carbocycles. The number of ether oxygens (including phenoxy) is 1. The van der Waals surface area contributed by atoms with Gasteiger partial charge < -0.3 is 10.1 Å². The van der Waals surface area contributed by atoms with Crippen LogP contribution in [0.1, 0.15) is 16.1 Å². The number of carbonyl (C=O) groups excluding carboxylic acids is 1. The molecule has 25 heavy (non-hydrogen) atoms. The lowest BCUT2D eigenvalue weighted by molar-refractivity contribution is 0.102. The molecule has 0 atom stereocenters. The largest absolute Gasteiger partial charge is 0.497 e. The fourth-order valence-electron chi connectivity index (χ4n) is 2.13. The van der Waals surface area contributed by atoms with Crippen LogP contribution in [0, 0.1) is 11.3 Å². The Kier molecular flexibility index (Phi) is 4.98. The van der Waals surface area contributed by atoms with Gasteiger partial charge in [0.1, 0.15) is 22.5 Å². The first-order valence-electron chi connectivity index (χ1n) is 7.21. The van der Waals surface area contributed by atoms with Crippen molar-refractivity contribution in [3.63, 3.8) is 0 Å². The van der Waals surface area contributed by atoms with Crippen molar-refractivity contribution in [2.24, 2.45) is 0 Å². The Morgan fingerprint density at radius 2 is 2.04 bits per heavy atom. The monoisotopic (exact) mass is 369 g/mol. The molecule has 124 valence electrons. The highest BCUT2D eigenvalue weighted by Gasteiger charge is 2.13. The highest BCUT2D eigenvalue weighted by atomic mass is 35.5. The lowest BCUT2D eigenvalue weighted by atomic mass is 10.2. The number of hydrogen-bond donors (Lipinski definition) is 1. The molecule has 0 saturated carbocycles. The summed E-state index contributed by atoms with van der Waals surface area (Å²) in [6.07, 6.45) is 0. The summed E-state index contributed by atoms with van der Waals surface area (Å²) in [5.41, 5.74) is 2.01. The van der Waals surface area contributed by atoms with Crippen LogP contribution < -0.4 is 10.1 Å². The number of nitrogens with zero attached hydrogens (tertiary/aromatic N) is 2. The molecule has 3 rings (SSSR count). The van der Waals surface area contributed by atoms with E-state index >= 15 is 0 Å². The molecule has 1 heterocycles. The van der Waals surface area contributed by atoms with E-state index < -0.39 is 0 Å². The van der Waals surface area contributed by atoms with Crippen LogP contribution in [-0.2, 0) is 0 Å². The third-order valence-electron chi connectivity index (χ3n) is 3.42. The average molecular weight is 370 g/mol. The van der Waals surface area contributed by atoms with Gasteiger partial charge in [-0.3, -0.25) is 4.79 Å². The van der Waals surface area contributed by atoms with Crippen LogP contribution in [0.2, 0.25) is 5.02 Å². The molecule has 0 aliphatic rings. The van der Waals surface area contributed by atoms with Gasteiger partial charge in [0.15, 0.2) is 0 Å². The number of methoxy groups -OCH3 is 1. The van der Waals surface area contributed by atoms with E-state index in [-0.39, 0.29) is 5.91 Å². The number of anilines is 1. The summed E-state index contributed by atoms with van der Waals surface area (Å²) < 4.78 is 5.13. The van der Waals surface area contributed by atoms with Crippen molar-refractivity contribution in [3.8, 4) is 22.4 Å². The molecular formula is C18H12ClN3O2S. The first-order valence-corrected chi connectivity index (χ1v) is 8.47. The molecule has 0 spiro atoms. The van der Waals surface area contributed by atoms with Crippen molar-refractivity contribution in [3.05, 3.63) is 64.1 Å². The second-order valence-corrected chi connectivity index (χ2v) is 6.29. The van der Waals surface area contributed by atoms with Crippen molar-refractivity contribution in [2.75, 3.05) is 12.4 Å². The maximum absolute atomic E-state index is 12.3. The summed E-state index contributed by atoms with van der Waals surface area (Å²) in [7, 11) is 1.61. The first-order chi connectivity index (χ1) is 12.1. The fourth-order valence-corrected chi connectivity index (χ4v) is 3.09. The van der Waals surface area contributed by atoms with Gasteiger partial charge in [-0.2, -0.15) is 5.26 Å². The minimum absolute atomic E-state index is 0.302. The SMILES string of the molecule is COc1ccc(-c2nc(C(=O)Nc3ccc(Cl)c(C#N)c3)cs2)cc1. The Hall–Kier alpha value is -2.88. The summed E-state index contributed by atoms with van der Waals surface area (Å²) in [6.45, 7) is 0. The van der Waals surface area contributed by atoms with Crippen LogP contribution in [0.3, 0.4) is 0 Å². The number of thiazole rings is 1. The normalized spacial score (nSPS) is 10.1. The third kappa shape index (κ3) is 3.79.